The van der Waals surface area contributed by atoms with Crippen molar-refractivity contribution in [2.75, 3.05) is 0 Å². The standard InChI is InChI=1S/C47H79N/c1-7-9-11-13-15-17-19-21-23-25-27-29-31-33-42(4)38-46(47-39-43(5)44(6)45(40-47)36-37-48)35-34-41(3)32-30-28-26-24-22-20-18-16-14-12-10-8-2/h12-16,18-19,21,43-47H,3-4,7-11,17,20,22-36,38-40H2,1-2,5-6H3/b14-12+,15-13-,18-16+,21-19+. The van der Waals surface area contributed by atoms with Crippen LogP contribution in [0.2, 0.25) is 0 Å². The maximum Gasteiger partial charge on any atom is 0.0624 e. The Morgan fingerprint density at radius 2 is 1.25 bits per heavy atom. The van der Waals surface area contributed by atoms with E-state index in [9.17, 15) is 5.26 Å². The van der Waals surface area contributed by atoms with Crippen LogP contribution in [0.5, 0.6) is 0 Å². The van der Waals surface area contributed by atoms with E-state index in [0.29, 0.717) is 23.7 Å². The smallest absolute Gasteiger partial charge is 0.0624 e. The Hall–Kier alpha value is -2.07. The summed E-state index contributed by atoms with van der Waals surface area (Å²) >= 11 is 0. The second-order valence-electron chi connectivity index (χ2n) is 15.4. The van der Waals surface area contributed by atoms with Crippen molar-refractivity contribution >= 4 is 0 Å². The molecule has 0 saturated heterocycles. The Balaban J connectivity index is 2.43. The van der Waals surface area contributed by atoms with Crippen molar-refractivity contribution in [3.05, 3.63) is 72.9 Å². The highest BCUT2D eigenvalue weighted by Crippen LogP contribution is 2.45. The van der Waals surface area contributed by atoms with Gasteiger partial charge in [0.05, 0.1) is 6.07 Å². The van der Waals surface area contributed by atoms with E-state index in [1.54, 1.807) is 0 Å². The highest BCUT2D eigenvalue weighted by molar-refractivity contribution is 5.03. The van der Waals surface area contributed by atoms with E-state index >= 15 is 0 Å². The van der Waals surface area contributed by atoms with Gasteiger partial charge < -0.3 is 0 Å². The Kier molecular flexibility index (Phi) is 28.3. The van der Waals surface area contributed by atoms with Gasteiger partial charge in [0, 0.05) is 6.42 Å². The summed E-state index contributed by atoms with van der Waals surface area (Å²) in [6.45, 7) is 18.5. The number of allylic oxidation sites excluding steroid dienone is 10. The average Bonchev–Trinajstić information content (AvgIpc) is 3.07. The van der Waals surface area contributed by atoms with Crippen molar-refractivity contribution in [3.8, 4) is 6.07 Å². The van der Waals surface area contributed by atoms with Crippen LogP contribution in [0, 0.1) is 40.9 Å². The summed E-state index contributed by atoms with van der Waals surface area (Å²) in [6.07, 6.45) is 49.2. The normalized spacial score (nSPS) is 20.7. The van der Waals surface area contributed by atoms with Gasteiger partial charge in [-0.25, -0.2) is 0 Å². The average molecular weight is 658 g/mol. The van der Waals surface area contributed by atoms with Crippen molar-refractivity contribution in [2.24, 2.45) is 29.6 Å². The summed E-state index contributed by atoms with van der Waals surface area (Å²) in [5.74, 6) is 3.34. The van der Waals surface area contributed by atoms with Crippen LogP contribution >= 0.6 is 0 Å². The zero-order chi connectivity index (χ0) is 35.1. The van der Waals surface area contributed by atoms with E-state index in [2.05, 4.69) is 95.5 Å². The van der Waals surface area contributed by atoms with Gasteiger partial charge >= 0.3 is 0 Å². The zero-order valence-corrected chi connectivity index (χ0v) is 32.5. The first-order valence-electron chi connectivity index (χ1n) is 20.7. The number of nitrogens with zero attached hydrogens (tertiary/aromatic N) is 1. The first-order valence-corrected chi connectivity index (χ1v) is 20.7. The molecule has 0 amide bonds. The number of nitriles is 1. The van der Waals surface area contributed by atoms with Crippen molar-refractivity contribution in [3.63, 3.8) is 0 Å². The van der Waals surface area contributed by atoms with E-state index in [0.717, 1.165) is 18.8 Å². The molecule has 272 valence electrons. The summed E-state index contributed by atoms with van der Waals surface area (Å²) in [5, 5.41) is 9.54. The van der Waals surface area contributed by atoms with Crippen LogP contribution in [0.25, 0.3) is 0 Å². The van der Waals surface area contributed by atoms with Gasteiger partial charge in [-0.3, -0.25) is 0 Å². The molecule has 1 saturated carbocycles. The second-order valence-corrected chi connectivity index (χ2v) is 15.4. The molecule has 1 heteroatoms. The molecule has 5 atom stereocenters. The lowest BCUT2D eigenvalue weighted by Gasteiger charge is -2.42. The second kappa shape index (κ2) is 30.9. The Labute approximate surface area is 301 Å². The molecule has 48 heavy (non-hydrogen) atoms. The maximum atomic E-state index is 9.54. The highest BCUT2D eigenvalue weighted by atomic mass is 14.4. The van der Waals surface area contributed by atoms with Gasteiger partial charge in [0.2, 0.25) is 0 Å². The molecule has 0 heterocycles. The largest absolute Gasteiger partial charge is 0.198 e. The third kappa shape index (κ3) is 23.3. The van der Waals surface area contributed by atoms with E-state index in [4.69, 9.17) is 0 Å². The Morgan fingerprint density at radius 1 is 0.667 bits per heavy atom. The van der Waals surface area contributed by atoms with Crippen molar-refractivity contribution in [1.29, 1.82) is 5.26 Å². The van der Waals surface area contributed by atoms with Crippen LogP contribution in [0.3, 0.4) is 0 Å². The molecule has 0 aromatic rings. The van der Waals surface area contributed by atoms with Gasteiger partial charge in [-0.05, 0) is 132 Å². The van der Waals surface area contributed by atoms with Gasteiger partial charge in [-0.15, -0.1) is 0 Å². The Bertz CT molecular complexity index is 954. The Morgan fingerprint density at radius 3 is 1.90 bits per heavy atom. The molecule has 0 aromatic heterocycles. The summed E-state index contributed by atoms with van der Waals surface area (Å²) < 4.78 is 0. The van der Waals surface area contributed by atoms with Crippen LogP contribution < -0.4 is 0 Å². The summed E-state index contributed by atoms with van der Waals surface area (Å²) in [5.41, 5.74) is 2.93. The molecule has 1 nitrogen and oxygen atoms in total. The van der Waals surface area contributed by atoms with Gasteiger partial charge in [-0.2, -0.15) is 5.26 Å². The molecule has 0 aliphatic heterocycles. The molecular formula is C47H79N. The number of unbranched alkanes of at least 4 members (excludes halogenated alkanes) is 12. The van der Waals surface area contributed by atoms with E-state index in [1.165, 1.54) is 159 Å². The van der Waals surface area contributed by atoms with Crippen LogP contribution in [-0.4, -0.2) is 0 Å². The van der Waals surface area contributed by atoms with E-state index in [-0.39, 0.29) is 0 Å². The van der Waals surface area contributed by atoms with Crippen molar-refractivity contribution in [1.82, 2.24) is 0 Å². The predicted octanol–water partition coefficient (Wildman–Crippen LogP) is 15.8. The fourth-order valence-electron chi connectivity index (χ4n) is 7.62. The lowest BCUT2D eigenvalue weighted by Crippen LogP contribution is -2.33. The van der Waals surface area contributed by atoms with Crippen LogP contribution in [0.15, 0.2) is 72.9 Å². The molecule has 5 unspecified atom stereocenters. The van der Waals surface area contributed by atoms with Crippen LogP contribution in [0.1, 0.15) is 188 Å². The fraction of sp³-hybridized carbons (Fsp3) is 0.723. The third-order valence-electron chi connectivity index (χ3n) is 11.1. The SMILES string of the molecule is C=C(CCCCCCC/C=C/C=C/CCC)CCC(CC(=C)CCCCCC/C=C/C/C=C\CCCC)C1CC(C)C(C)C(CC#N)C1. The maximum absolute atomic E-state index is 9.54. The molecule has 1 fully saturated rings. The molecular weight excluding hydrogens is 579 g/mol. The molecule has 1 aliphatic carbocycles. The molecule has 0 radical (unpaired) electrons. The van der Waals surface area contributed by atoms with Crippen LogP contribution in [0.4, 0.5) is 0 Å². The van der Waals surface area contributed by atoms with E-state index in [1.807, 2.05) is 0 Å². The lowest BCUT2D eigenvalue weighted by atomic mass is 9.63. The number of rotatable bonds is 30. The van der Waals surface area contributed by atoms with Crippen molar-refractivity contribution in [2.45, 2.75) is 188 Å². The third-order valence-corrected chi connectivity index (χ3v) is 11.1. The summed E-state index contributed by atoms with van der Waals surface area (Å²) in [7, 11) is 0. The number of hydrogen-bond donors (Lipinski definition) is 0. The minimum absolute atomic E-state index is 0.557. The monoisotopic (exact) mass is 658 g/mol. The first-order chi connectivity index (χ1) is 23.4. The van der Waals surface area contributed by atoms with Gasteiger partial charge in [-0.1, -0.05) is 152 Å². The zero-order valence-electron chi connectivity index (χ0n) is 32.5. The molecule has 0 aromatic carbocycles. The highest BCUT2D eigenvalue weighted by Gasteiger charge is 2.36. The topological polar surface area (TPSA) is 23.8 Å². The molecule has 0 N–H and O–H groups in total. The first kappa shape index (κ1) is 44.0. The minimum Gasteiger partial charge on any atom is -0.198 e. The van der Waals surface area contributed by atoms with Gasteiger partial charge in [0.15, 0.2) is 0 Å². The lowest BCUT2D eigenvalue weighted by molar-refractivity contribution is 0.0916. The summed E-state index contributed by atoms with van der Waals surface area (Å²) in [4.78, 5) is 0. The quantitative estimate of drug-likeness (QED) is 0.0428. The molecule has 1 rings (SSSR count). The molecule has 0 bridgehead atoms. The van der Waals surface area contributed by atoms with Gasteiger partial charge in [0.1, 0.15) is 0 Å². The minimum atomic E-state index is 0.557. The number of hydrogen-bond acceptors (Lipinski definition) is 1. The molecule has 0 spiro atoms. The van der Waals surface area contributed by atoms with Crippen LogP contribution in [-0.2, 0) is 0 Å². The summed E-state index contributed by atoms with van der Waals surface area (Å²) in [6, 6.07) is 2.52. The fourth-order valence-corrected chi connectivity index (χ4v) is 7.62. The van der Waals surface area contributed by atoms with Gasteiger partial charge in [0.25, 0.3) is 0 Å². The molecule has 1 aliphatic rings. The predicted molar refractivity (Wildman–Crippen MR) is 216 cm³/mol. The van der Waals surface area contributed by atoms with Crippen molar-refractivity contribution < 1.29 is 0 Å². The van der Waals surface area contributed by atoms with E-state index < -0.39 is 0 Å².